The van der Waals surface area contributed by atoms with Crippen molar-refractivity contribution in [2.45, 2.75) is 35.6 Å². The van der Waals surface area contributed by atoms with Crippen molar-refractivity contribution < 1.29 is 9.15 Å². The van der Waals surface area contributed by atoms with Crippen molar-refractivity contribution >= 4 is 11.8 Å². The monoisotopic (exact) mass is 303 g/mol. The summed E-state index contributed by atoms with van der Waals surface area (Å²) in [5, 5.41) is 4.32. The molecule has 2 aromatic rings. The SMILES string of the molecule is COC[C@H](N[C@H]1C[C@@H](C)Sc2ccccc21)c1ccco1. The van der Waals surface area contributed by atoms with Gasteiger partial charge in [-0.05, 0) is 30.2 Å². The Kier molecular flexibility index (Phi) is 4.68. The van der Waals surface area contributed by atoms with Gasteiger partial charge in [0.05, 0.1) is 18.9 Å². The second-order valence-corrected chi connectivity index (χ2v) is 6.92. The highest BCUT2D eigenvalue weighted by Gasteiger charge is 2.28. The van der Waals surface area contributed by atoms with Gasteiger partial charge in [0.15, 0.2) is 0 Å². The molecule has 0 radical (unpaired) electrons. The molecule has 0 amide bonds. The predicted molar refractivity (Wildman–Crippen MR) is 85.6 cm³/mol. The molecule has 21 heavy (non-hydrogen) atoms. The molecule has 0 saturated carbocycles. The van der Waals surface area contributed by atoms with Gasteiger partial charge >= 0.3 is 0 Å². The second kappa shape index (κ2) is 6.69. The van der Waals surface area contributed by atoms with E-state index in [1.165, 1.54) is 10.5 Å². The van der Waals surface area contributed by atoms with E-state index in [1.54, 1.807) is 13.4 Å². The van der Waals surface area contributed by atoms with Crippen LogP contribution in [0.2, 0.25) is 0 Å². The van der Waals surface area contributed by atoms with E-state index in [1.807, 2.05) is 23.9 Å². The summed E-state index contributed by atoms with van der Waals surface area (Å²) in [6.07, 6.45) is 2.83. The molecule has 4 heteroatoms. The van der Waals surface area contributed by atoms with Crippen LogP contribution in [0.25, 0.3) is 0 Å². The quantitative estimate of drug-likeness (QED) is 0.898. The normalized spacial score (nSPS) is 22.8. The number of nitrogens with one attached hydrogen (secondary N) is 1. The number of methoxy groups -OCH3 is 1. The van der Waals surface area contributed by atoms with E-state index >= 15 is 0 Å². The first-order valence-corrected chi connectivity index (χ1v) is 8.20. The van der Waals surface area contributed by atoms with Crippen LogP contribution in [0.3, 0.4) is 0 Å². The lowest BCUT2D eigenvalue weighted by Crippen LogP contribution is -2.32. The van der Waals surface area contributed by atoms with Crippen molar-refractivity contribution in [3.05, 3.63) is 54.0 Å². The van der Waals surface area contributed by atoms with Crippen molar-refractivity contribution in [3.8, 4) is 0 Å². The lowest BCUT2D eigenvalue weighted by molar-refractivity contribution is 0.149. The molecule has 0 unspecified atom stereocenters. The van der Waals surface area contributed by atoms with Gasteiger partial charge in [0, 0.05) is 23.3 Å². The smallest absolute Gasteiger partial charge is 0.123 e. The summed E-state index contributed by atoms with van der Waals surface area (Å²) in [4.78, 5) is 1.38. The molecule has 3 nitrogen and oxygen atoms in total. The second-order valence-electron chi connectivity index (χ2n) is 5.44. The molecule has 1 aliphatic rings. The molecular weight excluding hydrogens is 282 g/mol. The molecular formula is C17H21NO2S. The van der Waals surface area contributed by atoms with Crippen LogP contribution in [0, 0.1) is 0 Å². The summed E-state index contributed by atoms with van der Waals surface area (Å²) in [6, 6.07) is 13.0. The lowest BCUT2D eigenvalue weighted by atomic mass is 10.00. The first kappa shape index (κ1) is 14.7. The minimum Gasteiger partial charge on any atom is -0.468 e. The van der Waals surface area contributed by atoms with Crippen LogP contribution in [0.1, 0.15) is 36.8 Å². The highest BCUT2D eigenvalue weighted by Crippen LogP contribution is 2.41. The molecule has 0 bridgehead atoms. The fourth-order valence-corrected chi connectivity index (χ4v) is 4.09. The number of hydrogen-bond donors (Lipinski definition) is 1. The van der Waals surface area contributed by atoms with Crippen LogP contribution in [-0.4, -0.2) is 19.0 Å². The predicted octanol–water partition coefficient (Wildman–Crippen LogP) is 4.18. The third-order valence-electron chi connectivity index (χ3n) is 3.81. The fourth-order valence-electron chi connectivity index (χ4n) is 2.87. The average molecular weight is 303 g/mol. The average Bonchev–Trinajstić information content (AvgIpc) is 3.00. The number of thioether (sulfide) groups is 1. The van der Waals surface area contributed by atoms with Crippen molar-refractivity contribution in [3.63, 3.8) is 0 Å². The number of ether oxygens (including phenoxy) is 1. The number of fused-ring (bicyclic) bond motifs is 1. The van der Waals surface area contributed by atoms with Crippen LogP contribution in [0.5, 0.6) is 0 Å². The highest BCUT2D eigenvalue weighted by molar-refractivity contribution is 8.00. The lowest BCUT2D eigenvalue weighted by Gasteiger charge is -2.32. The van der Waals surface area contributed by atoms with Gasteiger partial charge < -0.3 is 9.15 Å². The molecule has 2 heterocycles. The zero-order chi connectivity index (χ0) is 14.7. The number of rotatable bonds is 5. The molecule has 0 spiro atoms. The molecule has 1 aromatic heterocycles. The Morgan fingerprint density at radius 1 is 1.33 bits per heavy atom. The van der Waals surface area contributed by atoms with Gasteiger partial charge in [0.1, 0.15) is 5.76 Å². The Bertz CT molecular complexity index is 570. The van der Waals surface area contributed by atoms with Gasteiger partial charge in [-0.25, -0.2) is 0 Å². The first-order valence-electron chi connectivity index (χ1n) is 7.32. The van der Waals surface area contributed by atoms with E-state index in [4.69, 9.17) is 9.15 Å². The summed E-state index contributed by atoms with van der Waals surface area (Å²) >= 11 is 1.96. The minimum atomic E-state index is 0.0818. The summed E-state index contributed by atoms with van der Waals surface area (Å²) in [5.41, 5.74) is 1.38. The number of benzene rings is 1. The Balaban J connectivity index is 1.83. The topological polar surface area (TPSA) is 34.4 Å². The van der Waals surface area contributed by atoms with Gasteiger partial charge in [-0.2, -0.15) is 0 Å². The third-order valence-corrected chi connectivity index (χ3v) is 5.03. The molecule has 0 aliphatic carbocycles. The van der Waals surface area contributed by atoms with Gasteiger partial charge in [-0.15, -0.1) is 11.8 Å². The van der Waals surface area contributed by atoms with E-state index in [0.717, 1.165) is 12.2 Å². The van der Waals surface area contributed by atoms with Crippen LogP contribution < -0.4 is 5.32 Å². The molecule has 1 aliphatic heterocycles. The first-order chi connectivity index (χ1) is 10.3. The number of furan rings is 1. The van der Waals surface area contributed by atoms with Crippen molar-refractivity contribution in [2.75, 3.05) is 13.7 Å². The standard InChI is InChI=1S/C17H21NO2S/c1-12-10-14(13-6-3-4-8-17(13)21-12)18-15(11-19-2)16-7-5-9-20-16/h3-9,12,14-15,18H,10-11H2,1-2H3/t12-,14+,15+/m1/s1. The van der Waals surface area contributed by atoms with Crippen LogP contribution in [-0.2, 0) is 4.74 Å². The third kappa shape index (κ3) is 3.34. The van der Waals surface area contributed by atoms with E-state index in [9.17, 15) is 0 Å². The van der Waals surface area contributed by atoms with Crippen molar-refractivity contribution in [2.24, 2.45) is 0 Å². The zero-order valence-electron chi connectivity index (χ0n) is 12.4. The fraction of sp³-hybridized carbons (Fsp3) is 0.412. The summed E-state index contributed by atoms with van der Waals surface area (Å²) in [7, 11) is 1.73. The Morgan fingerprint density at radius 2 is 2.19 bits per heavy atom. The molecule has 0 saturated heterocycles. The van der Waals surface area contributed by atoms with Crippen LogP contribution in [0.4, 0.5) is 0 Å². The molecule has 1 N–H and O–H groups in total. The van der Waals surface area contributed by atoms with Gasteiger partial charge in [0.2, 0.25) is 0 Å². The van der Waals surface area contributed by atoms with Crippen molar-refractivity contribution in [1.29, 1.82) is 0 Å². The maximum atomic E-state index is 5.56. The summed E-state index contributed by atoms with van der Waals surface area (Å²) in [5.74, 6) is 0.931. The maximum Gasteiger partial charge on any atom is 0.123 e. The molecule has 3 rings (SSSR count). The molecule has 1 aromatic carbocycles. The Morgan fingerprint density at radius 3 is 2.95 bits per heavy atom. The van der Waals surface area contributed by atoms with Crippen LogP contribution >= 0.6 is 11.8 Å². The van der Waals surface area contributed by atoms with Gasteiger partial charge in [0.25, 0.3) is 0 Å². The summed E-state index contributed by atoms with van der Waals surface area (Å²) < 4.78 is 10.9. The maximum absolute atomic E-state index is 5.56. The number of hydrogen-bond acceptors (Lipinski definition) is 4. The van der Waals surface area contributed by atoms with E-state index < -0.39 is 0 Å². The van der Waals surface area contributed by atoms with E-state index in [2.05, 4.69) is 36.5 Å². The zero-order valence-corrected chi connectivity index (χ0v) is 13.2. The Hall–Kier alpha value is -1.23. The minimum absolute atomic E-state index is 0.0818. The highest BCUT2D eigenvalue weighted by atomic mass is 32.2. The van der Waals surface area contributed by atoms with Gasteiger partial charge in [-0.1, -0.05) is 25.1 Å². The van der Waals surface area contributed by atoms with Crippen molar-refractivity contribution in [1.82, 2.24) is 5.32 Å². The molecule has 112 valence electrons. The van der Waals surface area contributed by atoms with Gasteiger partial charge in [-0.3, -0.25) is 5.32 Å². The summed E-state index contributed by atoms with van der Waals surface area (Å²) in [6.45, 7) is 2.89. The van der Waals surface area contributed by atoms with E-state index in [0.29, 0.717) is 17.9 Å². The van der Waals surface area contributed by atoms with Crippen LogP contribution in [0.15, 0.2) is 52.0 Å². The van der Waals surface area contributed by atoms with E-state index in [-0.39, 0.29) is 6.04 Å². The Labute approximate surface area is 130 Å². The molecule has 0 fully saturated rings. The molecule has 3 atom stereocenters. The largest absolute Gasteiger partial charge is 0.468 e.